The molecule has 3 heteroatoms. The number of rotatable bonds is 4. The molecule has 1 heterocycles. The first-order chi connectivity index (χ1) is 16.2. The van der Waals surface area contributed by atoms with Gasteiger partial charge >= 0.3 is 0 Å². The van der Waals surface area contributed by atoms with Crippen molar-refractivity contribution in [2.24, 2.45) is 0 Å². The number of benzene rings is 3. The zero-order valence-electron chi connectivity index (χ0n) is 19.0. The highest BCUT2D eigenvalue weighted by Gasteiger charge is 2.22. The highest BCUT2D eigenvalue weighted by molar-refractivity contribution is 5.94. The van der Waals surface area contributed by atoms with Gasteiger partial charge in [-0.2, -0.15) is 0 Å². The Labute approximate surface area is 196 Å². The molecule has 5 rings (SSSR count). The fourth-order valence-electron chi connectivity index (χ4n) is 4.84. The van der Waals surface area contributed by atoms with Crippen molar-refractivity contribution in [3.8, 4) is 11.5 Å². The number of fused-ring (bicyclic) bond motifs is 2. The highest BCUT2D eigenvalue weighted by Crippen LogP contribution is 2.38. The average molecular weight is 436 g/mol. The maximum atomic E-state index is 9.77. The fraction of sp³-hybridized carbons (Fsp3) is 0.200. The molecule has 0 aromatic heterocycles. The molecule has 0 bridgehead atoms. The predicted octanol–water partition coefficient (Wildman–Crippen LogP) is 6.50. The lowest BCUT2D eigenvalue weighted by Crippen LogP contribution is -2.31. The topological polar surface area (TPSA) is 32.7 Å². The van der Waals surface area contributed by atoms with Crippen LogP contribution in [0.3, 0.4) is 0 Å². The number of phenolic OH excluding ortho intramolecular Hbond substituents is 1. The summed E-state index contributed by atoms with van der Waals surface area (Å²) in [6.07, 6.45) is 11.0. The van der Waals surface area contributed by atoms with Gasteiger partial charge in [0.05, 0.1) is 7.11 Å². The smallest absolute Gasteiger partial charge is 0.161 e. The second-order valence-corrected chi connectivity index (χ2v) is 8.62. The number of methoxy groups -OCH3 is 1. The molecule has 3 aromatic carbocycles. The van der Waals surface area contributed by atoms with Gasteiger partial charge in [-0.3, -0.25) is 4.90 Å². The Balaban J connectivity index is 1.34. The summed E-state index contributed by atoms with van der Waals surface area (Å²) in [7, 11) is 1.57. The lowest BCUT2D eigenvalue weighted by molar-refractivity contribution is 0.284. The third kappa shape index (κ3) is 4.50. The van der Waals surface area contributed by atoms with Crippen molar-refractivity contribution in [2.75, 3.05) is 26.7 Å². The van der Waals surface area contributed by atoms with Crippen molar-refractivity contribution in [3.63, 3.8) is 0 Å². The minimum atomic E-state index is 0.170. The number of hydrogen-bond acceptors (Lipinski definition) is 3. The van der Waals surface area contributed by atoms with E-state index in [1.807, 2.05) is 12.1 Å². The van der Waals surface area contributed by atoms with Crippen LogP contribution < -0.4 is 4.74 Å². The molecular formula is C30H29NO2. The van der Waals surface area contributed by atoms with Gasteiger partial charge in [0.15, 0.2) is 11.5 Å². The van der Waals surface area contributed by atoms with Crippen molar-refractivity contribution in [2.45, 2.75) is 12.8 Å². The fourth-order valence-corrected chi connectivity index (χ4v) is 4.84. The van der Waals surface area contributed by atoms with Gasteiger partial charge in [-0.15, -0.1) is 0 Å². The van der Waals surface area contributed by atoms with Crippen LogP contribution in [0.2, 0.25) is 0 Å². The zero-order valence-corrected chi connectivity index (χ0v) is 19.0. The quantitative estimate of drug-likeness (QED) is 0.397. The number of phenols is 1. The van der Waals surface area contributed by atoms with Gasteiger partial charge in [0.25, 0.3) is 0 Å². The number of aromatic hydroxyl groups is 1. The first kappa shape index (κ1) is 21.3. The van der Waals surface area contributed by atoms with Crippen molar-refractivity contribution >= 4 is 23.8 Å². The Morgan fingerprint density at radius 3 is 2.15 bits per heavy atom. The second-order valence-electron chi connectivity index (χ2n) is 8.62. The molecular weight excluding hydrogens is 406 g/mol. The van der Waals surface area contributed by atoms with Gasteiger partial charge in [-0.05, 0) is 58.4 Å². The Bertz CT molecular complexity index is 1190. The number of hydrogen-bond donors (Lipinski definition) is 1. The van der Waals surface area contributed by atoms with Crippen molar-refractivity contribution in [3.05, 3.63) is 106 Å². The molecule has 3 nitrogen and oxygen atoms in total. The SMILES string of the molecule is COc1cc(/C=C/CN2CCC(=C3c4ccccc4C=Cc4ccccc43)CC2)ccc1O. The molecule has 1 saturated heterocycles. The van der Waals surface area contributed by atoms with Crippen LogP contribution in [0.4, 0.5) is 0 Å². The van der Waals surface area contributed by atoms with Gasteiger partial charge in [0.2, 0.25) is 0 Å². The lowest BCUT2D eigenvalue weighted by atomic mass is 9.86. The molecule has 1 aliphatic carbocycles. The van der Waals surface area contributed by atoms with E-state index in [4.69, 9.17) is 4.74 Å². The summed E-state index contributed by atoms with van der Waals surface area (Å²) in [6.45, 7) is 3.03. The summed E-state index contributed by atoms with van der Waals surface area (Å²) in [5.41, 5.74) is 9.31. The van der Waals surface area contributed by atoms with Gasteiger partial charge in [-0.25, -0.2) is 0 Å². The van der Waals surface area contributed by atoms with Crippen LogP contribution in [-0.2, 0) is 0 Å². The summed E-state index contributed by atoms with van der Waals surface area (Å²) in [6, 6.07) is 23.0. The van der Waals surface area contributed by atoms with Crippen LogP contribution in [0.5, 0.6) is 11.5 Å². The largest absolute Gasteiger partial charge is 0.504 e. The predicted molar refractivity (Wildman–Crippen MR) is 137 cm³/mol. The van der Waals surface area contributed by atoms with Gasteiger partial charge < -0.3 is 9.84 Å². The number of likely N-dealkylation sites (tertiary alicyclic amines) is 1. The molecule has 1 N–H and O–H groups in total. The molecule has 3 aromatic rings. The summed E-state index contributed by atoms with van der Waals surface area (Å²) in [4.78, 5) is 2.50. The van der Waals surface area contributed by atoms with Crippen LogP contribution in [0.15, 0.2) is 78.4 Å². The minimum Gasteiger partial charge on any atom is -0.504 e. The number of ether oxygens (including phenoxy) is 1. The summed E-state index contributed by atoms with van der Waals surface area (Å²) < 4.78 is 5.21. The minimum absolute atomic E-state index is 0.170. The van der Waals surface area contributed by atoms with E-state index < -0.39 is 0 Å². The van der Waals surface area contributed by atoms with E-state index in [-0.39, 0.29) is 5.75 Å². The summed E-state index contributed by atoms with van der Waals surface area (Å²) in [5.74, 6) is 0.674. The van der Waals surface area contributed by atoms with E-state index >= 15 is 0 Å². The third-order valence-corrected chi connectivity index (χ3v) is 6.59. The van der Waals surface area contributed by atoms with Crippen LogP contribution in [0, 0.1) is 0 Å². The molecule has 0 saturated carbocycles. The molecule has 0 atom stereocenters. The molecule has 33 heavy (non-hydrogen) atoms. The van der Waals surface area contributed by atoms with Crippen LogP contribution in [-0.4, -0.2) is 36.8 Å². The lowest BCUT2D eigenvalue weighted by Gasteiger charge is -2.29. The van der Waals surface area contributed by atoms with Gasteiger partial charge in [0, 0.05) is 19.6 Å². The standard InChI is InChI=1S/C30H29NO2/c1-33-29-21-22(12-15-28(29)32)7-6-18-31-19-16-25(17-20-31)30-26-10-4-2-8-23(26)13-14-24-9-3-5-11-27(24)30/h2-15,21,32H,16-20H2,1H3/b7-6+. The Morgan fingerprint density at radius 1 is 0.879 bits per heavy atom. The zero-order chi connectivity index (χ0) is 22.6. The van der Waals surface area contributed by atoms with Crippen LogP contribution >= 0.6 is 0 Å². The van der Waals surface area contributed by atoms with Crippen molar-refractivity contribution < 1.29 is 9.84 Å². The first-order valence-corrected chi connectivity index (χ1v) is 11.6. The first-order valence-electron chi connectivity index (χ1n) is 11.6. The van der Waals surface area contributed by atoms with Crippen LogP contribution in [0.25, 0.3) is 23.8 Å². The molecule has 0 amide bonds. The summed E-state index contributed by atoms with van der Waals surface area (Å²) in [5, 5.41) is 9.77. The van der Waals surface area contributed by atoms with E-state index in [1.165, 1.54) is 27.8 Å². The molecule has 166 valence electrons. The molecule has 0 spiro atoms. The van der Waals surface area contributed by atoms with E-state index in [1.54, 1.807) is 18.7 Å². The molecule has 0 radical (unpaired) electrons. The second kappa shape index (κ2) is 9.51. The molecule has 1 aliphatic heterocycles. The maximum absolute atomic E-state index is 9.77. The van der Waals surface area contributed by atoms with E-state index in [0.29, 0.717) is 5.75 Å². The Hall–Kier alpha value is -3.56. The van der Waals surface area contributed by atoms with Crippen molar-refractivity contribution in [1.29, 1.82) is 0 Å². The Kier molecular flexibility index (Phi) is 6.14. The van der Waals surface area contributed by atoms with Gasteiger partial charge in [-0.1, -0.05) is 84.5 Å². The Morgan fingerprint density at radius 2 is 1.52 bits per heavy atom. The summed E-state index contributed by atoms with van der Waals surface area (Å²) >= 11 is 0. The van der Waals surface area contributed by atoms with Crippen LogP contribution in [0.1, 0.15) is 40.7 Å². The maximum Gasteiger partial charge on any atom is 0.161 e. The average Bonchev–Trinajstić information content (AvgIpc) is 3.02. The van der Waals surface area contributed by atoms with Crippen molar-refractivity contribution in [1.82, 2.24) is 4.90 Å². The van der Waals surface area contributed by atoms with Gasteiger partial charge in [0.1, 0.15) is 0 Å². The monoisotopic (exact) mass is 435 g/mol. The highest BCUT2D eigenvalue weighted by atomic mass is 16.5. The number of nitrogens with zero attached hydrogens (tertiary/aromatic N) is 1. The third-order valence-electron chi connectivity index (χ3n) is 6.59. The van der Waals surface area contributed by atoms with E-state index in [9.17, 15) is 5.11 Å². The molecule has 1 fully saturated rings. The van der Waals surface area contributed by atoms with E-state index in [2.05, 4.69) is 77.7 Å². The molecule has 2 aliphatic rings. The van der Waals surface area contributed by atoms with E-state index in [0.717, 1.165) is 38.0 Å². The molecule has 0 unspecified atom stereocenters. The number of piperidine rings is 1. The normalized spacial score (nSPS) is 15.9.